The van der Waals surface area contributed by atoms with Crippen LogP contribution >= 0.6 is 11.6 Å². The quantitative estimate of drug-likeness (QED) is 0.879. The molecule has 0 radical (unpaired) electrons. The van der Waals surface area contributed by atoms with Crippen LogP contribution in [0.2, 0.25) is 5.02 Å². The van der Waals surface area contributed by atoms with E-state index in [4.69, 9.17) is 21.1 Å². The van der Waals surface area contributed by atoms with Gasteiger partial charge in [0, 0.05) is 12.1 Å². The largest absolute Gasteiger partial charge is 0.495 e. The van der Waals surface area contributed by atoms with Crippen LogP contribution in [0.4, 0.5) is 11.4 Å². The summed E-state index contributed by atoms with van der Waals surface area (Å²) in [6.45, 7) is 0. The zero-order valence-electron chi connectivity index (χ0n) is 11.5. The second-order valence-electron chi connectivity index (χ2n) is 4.16. The Morgan fingerprint density at radius 1 is 1.10 bits per heavy atom. The van der Waals surface area contributed by atoms with Crippen molar-refractivity contribution in [3.05, 3.63) is 47.0 Å². The van der Waals surface area contributed by atoms with Crippen LogP contribution in [-0.2, 0) is 0 Å². The van der Waals surface area contributed by atoms with E-state index < -0.39 is 5.97 Å². The smallest absolute Gasteiger partial charge is 0.337 e. The summed E-state index contributed by atoms with van der Waals surface area (Å²) in [5.41, 5.74) is 1.17. The molecule has 21 heavy (non-hydrogen) atoms. The maximum atomic E-state index is 11.2. The molecule has 2 aromatic carbocycles. The first-order chi connectivity index (χ1) is 10.1. The Labute approximate surface area is 127 Å². The molecule has 0 bridgehead atoms. The van der Waals surface area contributed by atoms with Crippen molar-refractivity contribution in [2.45, 2.75) is 0 Å². The third-order valence-corrected chi connectivity index (χ3v) is 3.20. The van der Waals surface area contributed by atoms with Gasteiger partial charge in [-0.1, -0.05) is 23.7 Å². The molecule has 0 spiro atoms. The number of aromatic carboxylic acids is 1. The standard InChI is InChI=1S/C15H14ClNO4/c1-20-13-8-12(14(21-2)7-10(13)16)17-11-6-4-3-5-9(11)15(18)19/h3-8,17H,1-2H3,(H,18,19). The van der Waals surface area contributed by atoms with Crippen molar-refractivity contribution < 1.29 is 19.4 Å². The Kier molecular flexibility index (Phi) is 4.55. The van der Waals surface area contributed by atoms with Gasteiger partial charge in [0.15, 0.2) is 0 Å². The fraction of sp³-hybridized carbons (Fsp3) is 0.133. The van der Waals surface area contributed by atoms with Gasteiger partial charge in [-0.15, -0.1) is 0 Å². The van der Waals surface area contributed by atoms with Crippen LogP contribution in [0.3, 0.4) is 0 Å². The molecule has 0 atom stereocenters. The van der Waals surface area contributed by atoms with Crippen molar-refractivity contribution in [2.75, 3.05) is 19.5 Å². The van der Waals surface area contributed by atoms with Crippen molar-refractivity contribution in [3.8, 4) is 11.5 Å². The summed E-state index contributed by atoms with van der Waals surface area (Å²) >= 11 is 6.04. The minimum Gasteiger partial charge on any atom is -0.495 e. The van der Waals surface area contributed by atoms with Gasteiger partial charge in [0.25, 0.3) is 0 Å². The molecule has 0 aliphatic carbocycles. The molecule has 0 aliphatic heterocycles. The second kappa shape index (κ2) is 6.37. The van der Waals surface area contributed by atoms with E-state index in [-0.39, 0.29) is 5.56 Å². The van der Waals surface area contributed by atoms with E-state index >= 15 is 0 Å². The first-order valence-electron chi connectivity index (χ1n) is 6.07. The number of nitrogens with one attached hydrogen (secondary N) is 1. The van der Waals surface area contributed by atoms with Gasteiger partial charge < -0.3 is 19.9 Å². The lowest BCUT2D eigenvalue weighted by Crippen LogP contribution is -2.03. The number of anilines is 2. The normalized spacial score (nSPS) is 10.0. The Morgan fingerprint density at radius 2 is 1.76 bits per heavy atom. The van der Waals surface area contributed by atoms with Gasteiger partial charge >= 0.3 is 5.97 Å². The topological polar surface area (TPSA) is 67.8 Å². The molecule has 2 rings (SSSR count). The van der Waals surface area contributed by atoms with E-state index in [2.05, 4.69) is 5.32 Å². The van der Waals surface area contributed by atoms with Crippen molar-refractivity contribution in [3.63, 3.8) is 0 Å². The van der Waals surface area contributed by atoms with Gasteiger partial charge in [0.1, 0.15) is 11.5 Å². The molecule has 0 heterocycles. The highest BCUT2D eigenvalue weighted by Gasteiger charge is 2.14. The number of hydrogen-bond acceptors (Lipinski definition) is 4. The minimum atomic E-state index is -1.02. The Morgan fingerprint density at radius 3 is 2.38 bits per heavy atom. The summed E-state index contributed by atoms with van der Waals surface area (Å²) in [5, 5.41) is 12.6. The van der Waals surface area contributed by atoms with E-state index in [0.29, 0.717) is 27.9 Å². The molecule has 0 saturated heterocycles. The van der Waals surface area contributed by atoms with Crippen LogP contribution in [-0.4, -0.2) is 25.3 Å². The summed E-state index contributed by atoms with van der Waals surface area (Å²) in [6.07, 6.45) is 0. The third-order valence-electron chi connectivity index (χ3n) is 2.90. The SMILES string of the molecule is COc1cc(Nc2ccccc2C(=O)O)c(OC)cc1Cl. The van der Waals surface area contributed by atoms with Crippen LogP contribution in [0.1, 0.15) is 10.4 Å². The van der Waals surface area contributed by atoms with Crippen molar-refractivity contribution in [1.29, 1.82) is 0 Å². The lowest BCUT2D eigenvalue weighted by Gasteiger charge is -2.15. The average Bonchev–Trinajstić information content (AvgIpc) is 2.48. The lowest BCUT2D eigenvalue weighted by atomic mass is 10.1. The number of halogens is 1. The monoisotopic (exact) mass is 307 g/mol. The zero-order chi connectivity index (χ0) is 15.4. The molecule has 0 aliphatic rings. The summed E-state index contributed by atoms with van der Waals surface area (Å²) < 4.78 is 10.4. The summed E-state index contributed by atoms with van der Waals surface area (Å²) in [7, 11) is 3.01. The second-order valence-corrected chi connectivity index (χ2v) is 4.57. The van der Waals surface area contributed by atoms with Crippen LogP contribution in [0.25, 0.3) is 0 Å². The molecule has 0 amide bonds. The first kappa shape index (κ1) is 15.0. The summed E-state index contributed by atoms with van der Waals surface area (Å²) in [6, 6.07) is 9.85. The third kappa shape index (κ3) is 3.20. The van der Waals surface area contributed by atoms with E-state index in [1.54, 1.807) is 30.3 Å². The molecule has 2 aromatic rings. The molecule has 0 unspecified atom stereocenters. The fourth-order valence-electron chi connectivity index (χ4n) is 1.88. The fourth-order valence-corrected chi connectivity index (χ4v) is 2.11. The highest BCUT2D eigenvalue weighted by atomic mass is 35.5. The molecular formula is C15H14ClNO4. The summed E-state index contributed by atoms with van der Waals surface area (Å²) in [4.78, 5) is 11.2. The number of para-hydroxylation sites is 1. The maximum Gasteiger partial charge on any atom is 0.337 e. The van der Waals surface area contributed by atoms with Gasteiger partial charge in [0.05, 0.1) is 36.2 Å². The number of benzene rings is 2. The predicted molar refractivity (Wildman–Crippen MR) is 81.2 cm³/mol. The molecule has 6 heteroatoms. The lowest BCUT2D eigenvalue weighted by molar-refractivity contribution is 0.0698. The van der Waals surface area contributed by atoms with E-state index in [1.165, 1.54) is 20.3 Å². The van der Waals surface area contributed by atoms with Gasteiger partial charge in [-0.25, -0.2) is 4.79 Å². The number of carbonyl (C=O) groups is 1. The van der Waals surface area contributed by atoms with Crippen molar-refractivity contribution >= 4 is 28.9 Å². The molecule has 2 N–H and O–H groups in total. The highest BCUT2D eigenvalue weighted by molar-refractivity contribution is 6.32. The van der Waals surface area contributed by atoms with Crippen LogP contribution in [0.5, 0.6) is 11.5 Å². The molecule has 0 saturated carbocycles. The van der Waals surface area contributed by atoms with Crippen molar-refractivity contribution in [1.82, 2.24) is 0 Å². The van der Waals surface area contributed by atoms with Gasteiger partial charge in [-0.05, 0) is 12.1 Å². The van der Waals surface area contributed by atoms with Crippen LogP contribution in [0, 0.1) is 0 Å². The molecule has 110 valence electrons. The van der Waals surface area contributed by atoms with Gasteiger partial charge in [-0.3, -0.25) is 0 Å². The number of ether oxygens (including phenoxy) is 2. The zero-order valence-corrected chi connectivity index (χ0v) is 12.3. The van der Waals surface area contributed by atoms with Crippen molar-refractivity contribution in [2.24, 2.45) is 0 Å². The maximum absolute atomic E-state index is 11.2. The molecule has 0 aromatic heterocycles. The number of carboxylic acids is 1. The number of rotatable bonds is 5. The minimum absolute atomic E-state index is 0.161. The van der Waals surface area contributed by atoms with Crippen LogP contribution in [0.15, 0.2) is 36.4 Å². The molecule has 5 nitrogen and oxygen atoms in total. The number of hydrogen-bond donors (Lipinski definition) is 2. The molecule has 0 fully saturated rings. The number of carboxylic acid groups (broad SMARTS) is 1. The van der Waals surface area contributed by atoms with Gasteiger partial charge in [0.2, 0.25) is 0 Å². The molecular weight excluding hydrogens is 294 g/mol. The highest BCUT2D eigenvalue weighted by Crippen LogP contribution is 2.37. The summed E-state index contributed by atoms with van der Waals surface area (Å²) in [5.74, 6) is -0.0632. The van der Waals surface area contributed by atoms with Gasteiger partial charge in [-0.2, -0.15) is 0 Å². The first-order valence-corrected chi connectivity index (χ1v) is 6.45. The van der Waals surface area contributed by atoms with E-state index in [0.717, 1.165) is 0 Å². The Balaban J connectivity index is 2.46. The van der Waals surface area contributed by atoms with E-state index in [9.17, 15) is 9.90 Å². The Hall–Kier alpha value is -2.40. The van der Waals surface area contributed by atoms with E-state index in [1.807, 2.05) is 0 Å². The average molecular weight is 308 g/mol. The number of methoxy groups -OCH3 is 2. The van der Waals surface area contributed by atoms with Crippen LogP contribution < -0.4 is 14.8 Å². The predicted octanol–water partition coefficient (Wildman–Crippen LogP) is 3.80. The Bertz CT molecular complexity index is 673.